The fourth-order valence-corrected chi connectivity index (χ4v) is 2.75. The topological polar surface area (TPSA) is 70.7 Å². The van der Waals surface area contributed by atoms with Crippen molar-refractivity contribution >= 4 is 41.8 Å². The fraction of sp³-hybridized carbons (Fsp3) is 0.0476. The van der Waals surface area contributed by atoms with Crippen molar-refractivity contribution in [3.63, 3.8) is 0 Å². The fourth-order valence-electron chi connectivity index (χ4n) is 2.54. The second-order valence-corrected chi connectivity index (χ2v) is 6.36. The van der Waals surface area contributed by atoms with Crippen molar-refractivity contribution < 1.29 is 18.7 Å². The van der Waals surface area contributed by atoms with Crippen LogP contribution in [0.4, 0.5) is 26.2 Å². The number of para-hydroxylation sites is 1. The Morgan fingerprint density at radius 1 is 0.931 bits per heavy atom. The summed E-state index contributed by atoms with van der Waals surface area (Å²) in [6.45, 7) is 0. The van der Waals surface area contributed by atoms with E-state index in [1.807, 2.05) is 18.2 Å². The summed E-state index contributed by atoms with van der Waals surface area (Å²) in [6, 6.07) is 18.4. The summed E-state index contributed by atoms with van der Waals surface area (Å²) in [7, 11) is 1.45. The molecule has 0 heterocycles. The third-order valence-corrected chi connectivity index (χ3v) is 4.39. The molecule has 0 radical (unpaired) electrons. The van der Waals surface area contributed by atoms with E-state index in [1.165, 1.54) is 37.4 Å². The number of nitrogens with one attached hydrogen (secondary N) is 2. The van der Waals surface area contributed by atoms with Crippen molar-refractivity contribution in [2.75, 3.05) is 22.0 Å². The quantitative estimate of drug-likeness (QED) is 0.519. The van der Waals surface area contributed by atoms with Gasteiger partial charge < -0.3 is 15.4 Å². The molecule has 0 fully saturated rings. The van der Waals surface area contributed by atoms with Crippen LogP contribution in [0.15, 0.2) is 72.8 Å². The van der Waals surface area contributed by atoms with Crippen LogP contribution in [0.5, 0.6) is 5.75 Å². The molecule has 0 aromatic heterocycles. The third-order valence-electron chi connectivity index (χ3n) is 3.99. The molecule has 0 unspecified atom stereocenters. The van der Waals surface area contributed by atoms with E-state index >= 15 is 0 Å². The molecule has 148 valence electrons. The van der Waals surface area contributed by atoms with Crippen molar-refractivity contribution in [1.82, 2.24) is 0 Å². The number of hydrogen-bond donors (Lipinski definition) is 3. The highest BCUT2D eigenvalue weighted by atomic mass is 32.1. The Kier molecular flexibility index (Phi) is 6.36. The zero-order chi connectivity index (χ0) is 20.8. The molecule has 0 aliphatic rings. The normalized spacial score (nSPS) is 10.2. The van der Waals surface area contributed by atoms with E-state index in [0.717, 1.165) is 4.31 Å². The summed E-state index contributed by atoms with van der Waals surface area (Å²) in [5.74, 6) is -0.407. The van der Waals surface area contributed by atoms with Crippen LogP contribution in [0, 0.1) is 5.82 Å². The minimum atomic E-state index is -0.598. The number of methoxy groups -OCH3 is 1. The van der Waals surface area contributed by atoms with E-state index in [2.05, 4.69) is 23.4 Å². The van der Waals surface area contributed by atoms with Crippen molar-refractivity contribution in [1.29, 1.82) is 0 Å². The maximum absolute atomic E-state index is 13.0. The molecule has 0 bridgehead atoms. The number of anilines is 3. The zero-order valence-corrected chi connectivity index (χ0v) is 16.3. The highest BCUT2D eigenvalue weighted by Crippen LogP contribution is 2.31. The second-order valence-electron chi connectivity index (χ2n) is 5.96. The van der Waals surface area contributed by atoms with Gasteiger partial charge in [-0.2, -0.15) is 0 Å². The predicted molar refractivity (Wildman–Crippen MR) is 114 cm³/mol. The highest BCUT2D eigenvalue weighted by Gasteiger charge is 2.19. The summed E-state index contributed by atoms with van der Waals surface area (Å²) in [6.07, 6.45) is 0. The molecule has 3 rings (SSSR count). The highest BCUT2D eigenvalue weighted by molar-refractivity contribution is 7.82. The van der Waals surface area contributed by atoms with Gasteiger partial charge in [0.1, 0.15) is 11.6 Å². The van der Waals surface area contributed by atoms with Gasteiger partial charge in [0, 0.05) is 16.9 Å². The van der Waals surface area contributed by atoms with E-state index in [-0.39, 0.29) is 11.6 Å². The summed E-state index contributed by atoms with van der Waals surface area (Å²) in [5, 5.41) is 5.37. The van der Waals surface area contributed by atoms with Gasteiger partial charge in [0.2, 0.25) is 0 Å². The number of rotatable bonds is 5. The van der Waals surface area contributed by atoms with E-state index in [0.29, 0.717) is 22.7 Å². The van der Waals surface area contributed by atoms with E-state index in [4.69, 9.17) is 4.74 Å². The molecule has 0 saturated heterocycles. The van der Waals surface area contributed by atoms with Crippen LogP contribution in [-0.4, -0.2) is 19.0 Å². The average Bonchev–Trinajstić information content (AvgIpc) is 2.75. The average molecular weight is 411 g/mol. The van der Waals surface area contributed by atoms with Crippen LogP contribution in [0.25, 0.3) is 0 Å². The first-order valence-corrected chi connectivity index (χ1v) is 8.98. The van der Waals surface area contributed by atoms with Crippen LogP contribution >= 0.6 is 12.8 Å². The number of hydrogen-bond acceptors (Lipinski definition) is 4. The predicted octanol–water partition coefficient (Wildman–Crippen LogP) is 4.97. The molecule has 0 saturated carbocycles. The van der Waals surface area contributed by atoms with Gasteiger partial charge in [-0.1, -0.05) is 31.0 Å². The molecule has 29 heavy (non-hydrogen) atoms. The molecule has 0 atom stereocenters. The molecule has 8 heteroatoms. The molecule has 0 spiro atoms. The van der Waals surface area contributed by atoms with E-state index in [1.54, 1.807) is 24.3 Å². The van der Waals surface area contributed by atoms with Gasteiger partial charge in [-0.3, -0.25) is 4.79 Å². The van der Waals surface area contributed by atoms with Gasteiger partial charge in [-0.15, -0.1) is 0 Å². The van der Waals surface area contributed by atoms with Gasteiger partial charge in [-0.25, -0.2) is 13.5 Å². The first-order chi connectivity index (χ1) is 14.0. The third kappa shape index (κ3) is 5.05. The number of carbonyl (C=O) groups is 2. The molecule has 2 N–H and O–H groups in total. The maximum atomic E-state index is 13.0. The first-order valence-electron chi connectivity index (χ1n) is 8.58. The number of thiol groups is 1. The molecule has 0 aliphatic carbocycles. The molecule has 3 aromatic rings. The van der Waals surface area contributed by atoms with E-state index < -0.39 is 11.8 Å². The number of carbonyl (C=O) groups excluding carboxylic acids is 2. The Bertz CT molecular complexity index is 1010. The Balaban J connectivity index is 1.81. The van der Waals surface area contributed by atoms with E-state index in [9.17, 15) is 14.0 Å². The SMILES string of the molecule is COc1ccc(C(=O)Nc2ccccc2)cc1N(S)C(=O)Nc1ccc(F)cc1. The van der Waals surface area contributed by atoms with Crippen LogP contribution in [-0.2, 0) is 0 Å². The van der Waals surface area contributed by atoms with Crippen molar-refractivity contribution in [2.45, 2.75) is 0 Å². The second kappa shape index (κ2) is 9.11. The number of amides is 3. The lowest BCUT2D eigenvalue weighted by Gasteiger charge is -2.20. The minimum Gasteiger partial charge on any atom is -0.495 e. The van der Waals surface area contributed by atoms with Crippen molar-refractivity contribution in [3.05, 3.63) is 84.2 Å². The number of nitrogens with zero attached hydrogens (tertiary/aromatic N) is 1. The molecule has 3 aromatic carbocycles. The Morgan fingerprint density at radius 3 is 2.24 bits per heavy atom. The molecule has 6 nitrogen and oxygen atoms in total. The van der Waals surface area contributed by atoms with Crippen LogP contribution in [0.1, 0.15) is 10.4 Å². The lowest BCUT2D eigenvalue weighted by molar-refractivity contribution is 0.102. The smallest absolute Gasteiger partial charge is 0.336 e. The Hall–Kier alpha value is -3.52. The number of benzene rings is 3. The van der Waals surface area contributed by atoms with Gasteiger partial charge in [0.15, 0.2) is 0 Å². The monoisotopic (exact) mass is 411 g/mol. The summed E-state index contributed by atoms with van der Waals surface area (Å²) in [4.78, 5) is 25.1. The van der Waals surface area contributed by atoms with Crippen LogP contribution in [0.2, 0.25) is 0 Å². The number of halogens is 1. The molecular formula is C21H18FN3O3S. The summed E-state index contributed by atoms with van der Waals surface area (Å²) < 4.78 is 19.3. The lowest BCUT2D eigenvalue weighted by Crippen LogP contribution is -2.27. The van der Waals surface area contributed by atoms with Gasteiger partial charge in [-0.05, 0) is 54.6 Å². The Labute approximate surface area is 172 Å². The van der Waals surface area contributed by atoms with Gasteiger partial charge >= 0.3 is 6.03 Å². The Morgan fingerprint density at radius 2 is 1.59 bits per heavy atom. The van der Waals surface area contributed by atoms with Crippen LogP contribution < -0.4 is 19.7 Å². The first kappa shape index (κ1) is 20.2. The zero-order valence-electron chi connectivity index (χ0n) is 15.4. The summed E-state index contributed by atoms with van der Waals surface area (Å²) in [5.41, 5.74) is 1.63. The van der Waals surface area contributed by atoms with Crippen LogP contribution in [0.3, 0.4) is 0 Å². The minimum absolute atomic E-state index is 0.274. The lowest BCUT2D eigenvalue weighted by atomic mass is 10.1. The standard InChI is InChI=1S/C21H18FN3O3S/c1-28-19-12-7-14(20(26)23-16-5-3-2-4-6-16)13-18(19)25(29)21(27)24-17-10-8-15(22)9-11-17/h2-13,29H,1H3,(H,23,26)(H,24,27). The maximum Gasteiger partial charge on any atom is 0.336 e. The van der Waals surface area contributed by atoms with Gasteiger partial charge in [0.25, 0.3) is 5.91 Å². The van der Waals surface area contributed by atoms with Crippen molar-refractivity contribution in [2.24, 2.45) is 0 Å². The summed E-state index contributed by atoms with van der Waals surface area (Å²) >= 11 is 4.24. The molecule has 0 aliphatic heterocycles. The largest absolute Gasteiger partial charge is 0.495 e. The molecular weight excluding hydrogens is 393 g/mol. The molecule has 3 amide bonds. The van der Waals surface area contributed by atoms with Gasteiger partial charge in [0.05, 0.1) is 12.8 Å². The van der Waals surface area contributed by atoms with Crippen molar-refractivity contribution in [3.8, 4) is 5.75 Å². The number of urea groups is 1. The number of ether oxygens (including phenoxy) is 1.